The van der Waals surface area contributed by atoms with Gasteiger partial charge in [0.1, 0.15) is 55.9 Å². The molecule has 0 spiro atoms. The van der Waals surface area contributed by atoms with Crippen molar-refractivity contribution in [1.29, 1.82) is 0 Å². The normalized spacial score (nSPS) is 32.0. The summed E-state index contributed by atoms with van der Waals surface area (Å²) in [7, 11) is 0. The third kappa shape index (κ3) is 8.06. The molecule has 0 bridgehead atoms. The first-order valence-corrected chi connectivity index (χ1v) is 13.7. The molecule has 9 N–H and O–H groups in total. The first-order chi connectivity index (χ1) is 21.3. The third-order valence-electron chi connectivity index (χ3n) is 7.22. The molecule has 0 aliphatic carbocycles. The lowest BCUT2D eigenvalue weighted by Crippen LogP contribution is -2.64. The number of carbonyl (C=O) groups is 2. The second kappa shape index (κ2) is 14.5. The smallest absolute Gasteiger partial charge is 0.330 e. The van der Waals surface area contributed by atoms with E-state index in [2.05, 4.69) is 0 Å². The highest BCUT2D eigenvalue weighted by Gasteiger charge is 2.50. The van der Waals surface area contributed by atoms with Gasteiger partial charge in [0, 0.05) is 11.6 Å². The SMILES string of the molecule is C[C@@H]1O[C@@H](O[C@@H]2[C@@H](O)[C@H](OCC(=O)c3ccc(O)c(O)c3)O[C@H](COC(=O)/C=C/c3ccc(O)c(O)c3)[C@H]2O)[C@H](O)[C@H](O)[C@H]1O. The Hall–Kier alpha value is -3.84. The van der Waals surface area contributed by atoms with Gasteiger partial charge in [-0.2, -0.15) is 0 Å². The van der Waals surface area contributed by atoms with Gasteiger partial charge in [0.2, 0.25) is 0 Å². The molecule has 2 aliphatic heterocycles. The molecule has 0 saturated carbocycles. The molecule has 16 heteroatoms. The van der Waals surface area contributed by atoms with Crippen molar-refractivity contribution in [2.45, 2.75) is 68.3 Å². The number of phenolic OH excluding ortho intramolecular Hbond substituents is 4. The van der Waals surface area contributed by atoms with E-state index in [9.17, 15) is 55.5 Å². The zero-order valence-electron chi connectivity index (χ0n) is 23.7. The van der Waals surface area contributed by atoms with Gasteiger partial charge in [0.25, 0.3) is 0 Å². The fourth-order valence-electron chi connectivity index (χ4n) is 4.58. The molecule has 0 radical (unpaired) electrons. The molecule has 2 fully saturated rings. The summed E-state index contributed by atoms with van der Waals surface area (Å²) >= 11 is 0. The van der Waals surface area contributed by atoms with Crippen molar-refractivity contribution < 1.29 is 79.2 Å². The lowest BCUT2D eigenvalue weighted by atomic mass is 9.97. The number of hydrogen-bond acceptors (Lipinski definition) is 16. The largest absolute Gasteiger partial charge is 0.504 e. The molecule has 10 atom stereocenters. The van der Waals surface area contributed by atoms with Gasteiger partial charge < -0.3 is 69.6 Å². The molecule has 246 valence electrons. The maximum atomic E-state index is 12.6. The van der Waals surface area contributed by atoms with Crippen LogP contribution in [0.1, 0.15) is 22.8 Å². The van der Waals surface area contributed by atoms with Crippen LogP contribution in [0, 0.1) is 0 Å². The molecule has 2 aromatic carbocycles. The Bertz CT molecular complexity index is 1380. The van der Waals surface area contributed by atoms with Crippen LogP contribution in [0.3, 0.4) is 0 Å². The minimum Gasteiger partial charge on any atom is -0.504 e. The van der Waals surface area contributed by atoms with Gasteiger partial charge in [0.05, 0.1) is 6.10 Å². The van der Waals surface area contributed by atoms with Crippen molar-refractivity contribution in [2.75, 3.05) is 13.2 Å². The quantitative estimate of drug-likeness (QED) is 0.0629. The number of aliphatic hydroxyl groups is 5. The van der Waals surface area contributed by atoms with E-state index in [-0.39, 0.29) is 11.3 Å². The van der Waals surface area contributed by atoms with Crippen LogP contribution in [0.15, 0.2) is 42.5 Å². The lowest BCUT2D eigenvalue weighted by Gasteiger charge is -2.45. The average Bonchev–Trinajstić information content (AvgIpc) is 3.01. The van der Waals surface area contributed by atoms with Gasteiger partial charge >= 0.3 is 5.97 Å². The van der Waals surface area contributed by atoms with Crippen LogP contribution in [-0.4, -0.2) is 132 Å². The van der Waals surface area contributed by atoms with Crippen molar-refractivity contribution in [3.05, 3.63) is 53.6 Å². The summed E-state index contributed by atoms with van der Waals surface area (Å²) in [5.74, 6) is -3.40. The number of aromatic hydroxyl groups is 4. The number of esters is 1. The molecule has 0 unspecified atom stereocenters. The molecule has 0 amide bonds. The van der Waals surface area contributed by atoms with Gasteiger partial charge in [-0.05, 0) is 48.9 Å². The van der Waals surface area contributed by atoms with E-state index in [1.807, 2.05) is 0 Å². The fourth-order valence-corrected chi connectivity index (χ4v) is 4.58. The molecular formula is C29H34O16. The van der Waals surface area contributed by atoms with Crippen molar-refractivity contribution in [2.24, 2.45) is 0 Å². The topological polar surface area (TPSA) is 262 Å². The number of Topliss-reactive ketones (excluding diaryl/α,β-unsaturated/α-hetero) is 1. The number of ether oxygens (including phenoxy) is 5. The number of hydrogen-bond donors (Lipinski definition) is 9. The minimum atomic E-state index is -1.84. The number of benzene rings is 2. The maximum absolute atomic E-state index is 12.6. The first-order valence-electron chi connectivity index (χ1n) is 13.7. The van der Waals surface area contributed by atoms with Crippen molar-refractivity contribution in [1.82, 2.24) is 0 Å². The van der Waals surface area contributed by atoms with Crippen molar-refractivity contribution in [3.63, 3.8) is 0 Å². The van der Waals surface area contributed by atoms with Crippen LogP contribution < -0.4 is 0 Å². The maximum Gasteiger partial charge on any atom is 0.330 e. The molecule has 2 saturated heterocycles. The van der Waals surface area contributed by atoms with E-state index in [1.165, 1.54) is 37.3 Å². The number of phenols is 4. The second-order valence-corrected chi connectivity index (χ2v) is 10.5. The van der Waals surface area contributed by atoms with E-state index in [0.717, 1.165) is 18.2 Å². The Morgan fingerprint density at radius 2 is 1.44 bits per heavy atom. The first kappa shape index (κ1) is 34.0. The zero-order valence-corrected chi connectivity index (χ0v) is 23.7. The Morgan fingerprint density at radius 1 is 0.778 bits per heavy atom. The fraction of sp³-hybridized carbons (Fsp3) is 0.448. The summed E-state index contributed by atoms with van der Waals surface area (Å²) < 4.78 is 27.2. The van der Waals surface area contributed by atoms with Crippen LogP contribution in [0.5, 0.6) is 23.0 Å². The highest BCUT2D eigenvalue weighted by molar-refractivity contribution is 5.97. The van der Waals surface area contributed by atoms with E-state index in [1.54, 1.807) is 0 Å². The minimum absolute atomic E-state index is 0.0529. The predicted molar refractivity (Wildman–Crippen MR) is 148 cm³/mol. The Balaban J connectivity index is 1.47. The van der Waals surface area contributed by atoms with Gasteiger partial charge in [-0.1, -0.05) is 6.07 Å². The van der Waals surface area contributed by atoms with Crippen LogP contribution >= 0.6 is 0 Å². The average molecular weight is 639 g/mol. The molecule has 16 nitrogen and oxygen atoms in total. The highest BCUT2D eigenvalue weighted by atomic mass is 16.7. The van der Waals surface area contributed by atoms with Crippen LogP contribution in [0.4, 0.5) is 0 Å². The van der Waals surface area contributed by atoms with E-state index in [4.69, 9.17) is 23.7 Å². The third-order valence-corrected chi connectivity index (χ3v) is 7.22. The van der Waals surface area contributed by atoms with Crippen molar-refractivity contribution in [3.8, 4) is 23.0 Å². The van der Waals surface area contributed by atoms with Crippen LogP contribution in [0.2, 0.25) is 0 Å². The molecule has 4 rings (SSSR count). The lowest BCUT2D eigenvalue weighted by molar-refractivity contribution is -0.356. The standard InChI is InChI=1S/C29H34O16/c1-12-22(36)24(38)25(39)29(43-12)45-27-23(37)20(11-41-21(35)7-3-13-2-5-15(30)17(32)8-13)44-28(26(27)40)42-10-19(34)14-4-6-16(31)18(33)9-14/h2-9,12,20,22-33,36-40H,10-11H2,1H3/b7-3+/t12-,20+,22-,23+,24+,25+,26+,27-,28+,29-/m0/s1. The van der Waals surface area contributed by atoms with E-state index in [0.29, 0.717) is 5.56 Å². The summed E-state index contributed by atoms with van der Waals surface area (Å²) in [5.41, 5.74) is 0.295. The molecular weight excluding hydrogens is 604 g/mol. The van der Waals surface area contributed by atoms with Gasteiger partial charge in [0.15, 0.2) is 41.4 Å². The zero-order chi connectivity index (χ0) is 33.0. The van der Waals surface area contributed by atoms with Crippen LogP contribution in [-0.2, 0) is 28.5 Å². The Labute approximate surface area is 255 Å². The van der Waals surface area contributed by atoms with Crippen LogP contribution in [0.25, 0.3) is 6.08 Å². The predicted octanol–water partition coefficient (Wildman–Crippen LogP) is -1.38. The second-order valence-electron chi connectivity index (χ2n) is 10.5. The summed E-state index contributed by atoms with van der Waals surface area (Å²) in [5, 5.41) is 90.7. The van der Waals surface area contributed by atoms with E-state index >= 15 is 0 Å². The van der Waals surface area contributed by atoms with E-state index < -0.39 is 104 Å². The van der Waals surface area contributed by atoms with Gasteiger partial charge in [-0.15, -0.1) is 0 Å². The summed E-state index contributed by atoms with van der Waals surface area (Å²) in [6, 6.07) is 7.11. The molecule has 2 aromatic rings. The summed E-state index contributed by atoms with van der Waals surface area (Å²) in [6.07, 6.45) is -13.8. The number of aliphatic hydroxyl groups excluding tert-OH is 5. The molecule has 2 heterocycles. The Kier molecular flexibility index (Phi) is 11.0. The molecule has 2 aliphatic rings. The number of carbonyl (C=O) groups excluding carboxylic acids is 2. The highest BCUT2D eigenvalue weighted by Crippen LogP contribution is 2.31. The van der Waals surface area contributed by atoms with Gasteiger partial charge in [-0.3, -0.25) is 4.79 Å². The molecule has 0 aromatic heterocycles. The Morgan fingerprint density at radius 3 is 2.11 bits per heavy atom. The van der Waals surface area contributed by atoms with Crippen molar-refractivity contribution >= 4 is 17.8 Å². The molecule has 45 heavy (non-hydrogen) atoms. The summed E-state index contributed by atoms with van der Waals surface area (Å²) in [4.78, 5) is 25.0. The summed E-state index contributed by atoms with van der Waals surface area (Å²) in [6.45, 7) is 0.0259. The monoisotopic (exact) mass is 638 g/mol. The number of ketones is 1. The van der Waals surface area contributed by atoms with Gasteiger partial charge in [-0.25, -0.2) is 4.79 Å². The number of rotatable bonds is 10.